The number of likely N-dealkylation sites (tertiary alicyclic amines) is 1. The molecule has 0 saturated carbocycles. The van der Waals surface area contributed by atoms with E-state index in [1.165, 1.54) is 31.4 Å². The third-order valence-electron chi connectivity index (χ3n) is 5.36. The van der Waals surface area contributed by atoms with E-state index in [0.717, 1.165) is 0 Å². The Morgan fingerprint density at radius 1 is 1.03 bits per heavy atom. The smallest absolute Gasteiger partial charge is 0.296 e. The molecule has 1 fully saturated rings. The van der Waals surface area contributed by atoms with Crippen molar-refractivity contribution < 1.29 is 28.6 Å². The number of halogens is 2. The zero-order valence-corrected chi connectivity index (χ0v) is 19.2. The van der Waals surface area contributed by atoms with Gasteiger partial charge in [-0.1, -0.05) is 29.3 Å². The number of Topliss-reactive ketones (excluding diaryl/α,β-unsaturated/α-hetero) is 1. The van der Waals surface area contributed by atoms with Crippen molar-refractivity contribution in [3.63, 3.8) is 0 Å². The molecule has 170 valence electrons. The molecule has 2 heterocycles. The maximum Gasteiger partial charge on any atom is 0.296 e. The number of aliphatic hydroxyl groups is 1. The van der Waals surface area contributed by atoms with Gasteiger partial charge in [0.1, 0.15) is 11.5 Å². The molecule has 1 atom stereocenters. The van der Waals surface area contributed by atoms with Gasteiger partial charge in [-0.3, -0.25) is 9.59 Å². The van der Waals surface area contributed by atoms with E-state index in [9.17, 15) is 14.7 Å². The minimum absolute atomic E-state index is 0.0190. The molecule has 1 aliphatic rings. The molecule has 1 saturated heterocycles. The summed E-state index contributed by atoms with van der Waals surface area (Å²) in [6.07, 6.45) is 1.48. The van der Waals surface area contributed by atoms with Gasteiger partial charge < -0.3 is 23.9 Å². The van der Waals surface area contributed by atoms with Crippen LogP contribution in [0.15, 0.2) is 64.8 Å². The van der Waals surface area contributed by atoms with Crippen LogP contribution in [0.25, 0.3) is 5.76 Å². The van der Waals surface area contributed by atoms with Gasteiger partial charge in [-0.25, -0.2) is 0 Å². The van der Waals surface area contributed by atoms with E-state index < -0.39 is 17.7 Å². The van der Waals surface area contributed by atoms with Gasteiger partial charge in [0, 0.05) is 5.56 Å². The SMILES string of the molecule is COc1ccc(/C(O)=C2/C(=O)C(=O)N(Cc3ccco3)C2c2ccc(Cl)c(Cl)c2)cc1OC. The number of carbonyl (C=O) groups excluding carboxylic acids is 2. The highest BCUT2D eigenvalue weighted by molar-refractivity contribution is 6.46. The molecule has 4 rings (SSSR count). The molecule has 2 aromatic carbocycles. The van der Waals surface area contributed by atoms with E-state index >= 15 is 0 Å². The van der Waals surface area contributed by atoms with E-state index in [4.69, 9.17) is 37.1 Å². The van der Waals surface area contributed by atoms with E-state index in [-0.39, 0.29) is 28.5 Å². The fraction of sp³-hybridized carbons (Fsp3) is 0.167. The Bertz CT molecular complexity index is 1250. The maximum atomic E-state index is 13.1. The highest BCUT2D eigenvalue weighted by Crippen LogP contribution is 2.42. The van der Waals surface area contributed by atoms with Gasteiger partial charge in [-0.2, -0.15) is 0 Å². The predicted octanol–water partition coefficient (Wildman–Crippen LogP) is 5.23. The van der Waals surface area contributed by atoms with E-state index in [0.29, 0.717) is 27.8 Å². The van der Waals surface area contributed by atoms with Crippen LogP contribution < -0.4 is 9.47 Å². The lowest BCUT2D eigenvalue weighted by Gasteiger charge is -2.25. The number of ether oxygens (including phenoxy) is 2. The van der Waals surface area contributed by atoms with Gasteiger partial charge in [-0.15, -0.1) is 0 Å². The number of aliphatic hydroxyl groups excluding tert-OH is 1. The zero-order chi connectivity index (χ0) is 23.7. The molecule has 1 aliphatic heterocycles. The number of amides is 1. The van der Waals surface area contributed by atoms with E-state index in [2.05, 4.69) is 0 Å². The van der Waals surface area contributed by atoms with Crippen molar-refractivity contribution >= 4 is 40.7 Å². The van der Waals surface area contributed by atoms with Gasteiger partial charge in [0.15, 0.2) is 11.5 Å². The summed E-state index contributed by atoms with van der Waals surface area (Å²) >= 11 is 12.3. The molecule has 0 aliphatic carbocycles. The number of hydrogen-bond acceptors (Lipinski definition) is 6. The van der Waals surface area contributed by atoms with Gasteiger partial charge in [0.05, 0.1) is 48.7 Å². The van der Waals surface area contributed by atoms with Gasteiger partial charge in [-0.05, 0) is 48.0 Å². The van der Waals surface area contributed by atoms with Gasteiger partial charge in [0.25, 0.3) is 11.7 Å². The molecule has 1 unspecified atom stereocenters. The first-order chi connectivity index (χ1) is 15.8. The zero-order valence-electron chi connectivity index (χ0n) is 17.7. The predicted molar refractivity (Wildman–Crippen MR) is 123 cm³/mol. The lowest BCUT2D eigenvalue weighted by Crippen LogP contribution is -2.29. The van der Waals surface area contributed by atoms with E-state index in [1.807, 2.05) is 0 Å². The Balaban J connectivity index is 1.89. The molecule has 0 spiro atoms. The first-order valence-electron chi connectivity index (χ1n) is 9.83. The van der Waals surface area contributed by atoms with Crippen LogP contribution in [0.2, 0.25) is 10.0 Å². The fourth-order valence-electron chi connectivity index (χ4n) is 3.78. The molecule has 7 nitrogen and oxygen atoms in total. The van der Waals surface area contributed by atoms with Crippen LogP contribution >= 0.6 is 23.2 Å². The Morgan fingerprint density at radius 2 is 1.79 bits per heavy atom. The summed E-state index contributed by atoms with van der Waals surface area (Å²) in [5.41, 5.74) is 0.711. The first-order valence-corrected chi connectivity index (χ1v) is 10.6. The Kier molecular flexibility index (Phi) is 6.35. The highest BCUT2D eigenvalue weighted by Gasteiger charge is 2.46. The van der Waals surface area contributed by atoms with Crippen molar-refractivity contribution in [1.82, 2.24) is 4.90 Å². The van der Waals surface area contributed by atoms with Gasteiger partial charge in [0.2, 0.25) is 0 Å². The lowest BCUT2D eigenvalue weighted by atomic mass is 9.95. The summed E-state index contributed by atoms with van der Waals surface area (Å²) in [5, 5.41) is 11.8. The van der Waals surface area contributed by atoms with Crippen LogP contribution in [0.5, 0.6) is 11.5 Å². The van der Waals surface area contributed by atoms with Crippen LogP contribution in [0.4, 0.5) is 0 Å². The quantitative estimate of drug-likeness (QED) is 0.291. The van der Waals surface area contributed by atoms with E-state index in [1.54, 1.807) is 42.5 Å². The van der Waals surface area contributed by atoms with Crippen LogP contribution in [-0.4, -0.2) is 35.9 Å². The Hall–Kier alpha value is -3.42. The van der Waals surface area contributed by atoms with Crippen molar-refractivity contribution in [3.05, 3.63) is 87.3 Å². The Labute approximate surface area is 199 Å². The molecular weight excluding hydrogens is 469 g/mol. The van der Waals surface area contributed by atoms with Crippen molar-refractivity contribution in [1.29, 1.82) is 0 Å². The largest absolute Gasteiger partial charge is 0.507 e. The molecule has 33 heavy (non-hydrogen) atoms. The maximum absolute atomic E-state index is 13.1. The van der Waals surface area contributed by atoms with Crippen molar-refractivity contribution in [2.75, 3.05) is 14.2 Å². The number of benzene rings is 2. The number of methoxy groups -OCH3 is 2. The molecule has 1 amide bonds. The summed E-state index contributed by atoms with van der Waals surface area (Å²) in [5.74, 6) is -0.666. The third kappa shape index (κ3) is 4.17. The Morgan fingerprint density at radius 3 is 2.42 bits per heavy atom. The average Bonchev–Trinajstić information content (AvgIpc) is 3.42. The second-order valence-electron chi connectivity index (χ2n) is 7.25. The number of rotatable bonds is 6. The molecule has 0 radical (unpaired) electrons. The standard InChI is InChI=1S/C24H19Cl2NO6/c1-31-18-8-6-14(11-19(18)32-2)22(28)20-21(13-5-7-16(25)17(26)10-13)27(24(30)23(20)29)12-15-4-3-9-33-15/h3-11,21,28H,12H2,1-2H3/b22-20-. The summed E-state index contributed by atoms with van der Waals surface area (Å²) in [4.78, 5) is 27.5. The average molecular weight is 488 g/mol. The second kappa shape index (κ2) is 9.21. The highest BCUT2D eigenvalue weighted by atomic mass is 35.5. The van der Waals surface area contributed by atoms with Crippen LogP contribution in [0, 0.1) is 0 Å². The molecule has 3 aromatic rings. The topological polar surface area (TPSA) is 89.2 Å². The minimum atomic E-state index is -0.919. The first kappa shape index (κ1) is 22.8. The lowest BCUT2D eigenvalue weighted by molar-refractivity contribution is -0.140. The summed E-state index contributed by atoms with van der Waals surface area (Å²) < 4.78 is 15.9. The van der Waals surface area contributed by atoms with Crippen molar-refractivity contribution in [3.8, 4) is 11.5 Å². The minimum Gasteiger partial charge on any atom is -0.507 e. The third-order valence-corrected chi connectivity index (χ3v) is 6.10. The van der Waals surface area contributed by atoms with Crippen LogP contribution in [-0.2, 0) is 16.1 Å². The molecule has 1 N–H and O–H groups in total. The molecular formula is C24H19Cl2NO6. The number of hydrogen-bond donors (Lipinski definition) is 1. The molecule has 1 aromatic heterocycles. The fourth-order valence-corrected chi connectivity index (χ4v) is 4.09. The molecule has 9 heteroatoms. The number of ketones is 1. The second-order valence-corrected chi connectivity index (χ2v) is 8.06. The normalized spacial score (nSPS) is 17.5. The number of furan rings is 1. The van der Waals surface area contributed by atoms with Crippen molar-refractivity contribution in [2.45, 2.75) is 12.6 Å². The number of carbonyl (C=O) groups is 2. The number of nitrogens with zero attached hydrogens (tertiary/aromatic N) is 1. The molecule has 0 bridgehead atoms. The van der Waals surface area contributed by atoms with Gasteiger partial charge >= 0.3 is 0 Å². The monoisotopic (exact) mass is 487 g/mol. The van der Waals surface area contributed by atoms with Crippen LogP contribution in [0.3, 0.4) is 0 Å². The van der Waals surface area contributed by atoms with Crippen molar-refractivity contribution in [2.24, 2.45) is 0 Å². The van der Waals surface area contributed by atoms with Crippen LogP contribution in [0.1, 0.15) is 22.9 Å². The summed E-state index contributed by atoms with van der Waals surface area (Å²) in [6.45, 7) is 0.0190. The summed E-state index contributed by atoms with van der Waals surface area (Å²) in [7, 11) is 2.95. The summed E-state index contributed by atoms with van der Waals surface area (Å²) in [6, 6.07) is 12.0.